The minimum Gasteiger partial charge on any atom is -0.459 e. The highest BCUT2D eigenvalue weighted by atomic mass is 19.4. The molecule has 1 aromatic rings. The molecule has 3 nitrogen and oxygen atoms in total. The zero-order chi connectivity index (χ0) is 13.8. The van der Waals surface area contributed by atoms with Gasteiger partial charge in [-0.2, -0.15) is 13.2 Å². The molecule has 1 heterocycles. The Balaban J connectivity index is 2.82. The SMILES string of the molecule is CCCCN(CC(F)(F)F)C(=O)c1occc1C. The number of rotatable bonds is 5. The predicted molar refractivity (Wildman–Crippen MR) is 60.3 cm³/mol. The Morgan fingerprint density at radius 2 is 2.11 bits per heavy atom. The standard InChI is InChI=1S/C12H16F3NO2/c1-3-4-6-16(8-12(13,14)15)11(17)10-9(2)5-7-18-10/h5,7H,3-4,6,8H2,1-2H3. The fraction of sp³-hybridized carbons (Fsp3) is 0.583. The Morgan fingerprint density at radius 1 is 1.44 bits per heavy atom. The molecule has 0 N–H and O–H groups in total. The number of hydrogen-bond acceptors (Lipinski definition) is 2. The van der Waals surface area contributed by atoms with Crippen LogP contribution in [-0.4, -0.2) is 30.1 Å². The van der Waals surface area contributed by atoms with Crippen molar-refractivity contribution in [3.8, 4) is 0 Å². The first-order valence-electron chi connectivity index (χ1n) is 5.75. The number of aryl methyl sites for hydroxylation is 1. The molecule has 0 spiro atoms. The summed E-state index contributed by atoms with van der Waals surface area (Å²) in [5.41, 5.74) is 0.545. The molecule has 18 heavy (non-hydrogen) atoms. The zero-order valence-electron chi connectivity index (χ0n) is 10.4. The second kappa shape index (κ2) is 5.93. The third-order valence-corrected chi connectivity index (χ3v) is 2.50. The normalized spacial score (nSPS) is 11.6. The number of hydrogen-bond donors (Lipinski definition) is 0. The Labute approximate surface area is 104 Å². The van der Waals surface area contributed by atoms with Crippen molar-refractivity contribution in [3.63, 3.8) is 0 Å². The van der Waals surface area contributed by atoms with Crippen molar-refractivity contribution in [3.05, 3.63) is 23.7 Å². The Hall–Kier alpha value is -1.46. The van der Waals surface area contributed by atoms with E-state index in [1.54, 1.807) is 13.0 Å². The maximum absolute atomic E-state index is 12.4. The minimum absolute atomic E-state index is 0.0182. The average Bonchev–Trinajstić information content (AvgIpc) is 2.68. The molecule has 0 fully saturated rings. The van der Waals surface area contributed by atoms with Crippen LogP contribution < -0.4 is 0 Å². The van der Waals surface area contributed by atoms with Gasteiger partial charge in [-0.1, -0.05) is 13.3 Å². The molecular weight excluding hydrogens is 247 g/mol. The summed E-state index contributed by atoms with van der Waals surface area (Å²) in [4.78, 5) is 12.7. The van der Waals surface area contributed by atoms with Crippen LogP contribution in [0, 0.1) is 6.92 Å². The molecule has 0 aliphatic rings. The van der Waals surface area contributed by atoms with Crippen LogP contribution in [0.5, 0.6) is 0 Å². The summed E-state index contributed by atoms with van der Waals surface area (Å²) in [6.45, 7) is 2.32. The van der Waals surface area contributed by atoms with Crippen molar-refractivity contribution in [1.82, 2.24) is 4.90 Å². The number of unbranched alkanes of at least 4 members (excludes halogenated alkanes) is 1. The van der Waals surface area contributed by atoms with E-state index >= 15 is 0 Å². The second-order valence-electron chi connectivity index (χ2n) is 4.13. The number of carbonyl (C=O) groups is 1. The van der Waals surface area contributed by atoms with Crippen LogP contribution in [0.4, 0.5) is 13.2 Å². The van der Waals surface area contributed by atoms with Crippen LogP contribution >= 0.6 is 0 Å². The fourth-order valence-electron chi connectivity index (χ4n) is 1.55. The van der Waals surface area contributed by atoms with Gasteiger partial charge in [0, 0.05) is 12.1 Å². The van der Waals surface area contributed by atoms with Crippen LogP contribution in [-0.2, 0) is 0 Å². The molecule has 0 aromatic carbocycles. The van der Waals surface area contributed by atoms with E-state index in [0.29, 0.717) is 12.0 Å². The van der Waals surface area contributed by atoms with E-state index in [9.17, 15) is 18.0 Å². The lowest BCUT2D eigenvalue weighted by molar-refractivity contribution is -0.141. The molecule has 1 amide bonds. The van der Waals surface area contributed by atoms with Crippen LogP contribution in [0.25, 0.3) is 0 Å². The molecule has 0 aliphatic heterocycles. The lowest BCUT2D eigenvalue weighted by Crippen LogP contribution is -2.39. The number of alkyl halides is 3. The molecule has 0 radical (unpaired) electrons. The molecule has 0 saturated carbocycles. The minimum atomic E-state index is -4.40. The summed E-state index contributed by atoms with van der Waals surface area (Å²) < 4.78 is 42.2. The van der Waals surface area contributed by atoms with Gasteiger partial charge in [0.25, 0.3) is 5.91 Å². The largest absolute Gasteiger partial charge is 0.459 e. The second-order valence-corrected chi connectivity index (χ2v) is 4.13. The predicted octanol–water partition coefficient (Wildman–Crippen LogP) is 3.39. The fourth-order valence-corrected chi connectivity index (χ4v) is 1.55. The average molecular weight is 263 g/mol. The number of furan rings is 1. The number of amides is 1. The Morgan fingerprint density at radius 3 is 2.56 bits per heavy atom. The third-order valence-electron chi connectivity index (χ3n) is 2.50. The van der Waals surface area contributed by atoms with Gasteiger partial charge < -0.3 is 9.32 Å². The smallest absolute Gasteiger partial charge is 0.406 e. The molecule has 1 aromatic heterocycles. The Kier molecular flexibility index (Phi) is 4.81. The summed E-state index contributed by atoms with van der Waals surface area (Å²) in [6, 6.07) is 1.55. The molecule has 0 saturated heterocycles. The van der Waals surface area contributed by atoms with Crippen molar-refractivity contribution >= 4 is 5.91 Å². The maximum atomic E-state index is 12.4. The summed E-state index contributed by atoms with van der Waals surface area (Å²) in [7, 11) is 0. The van der Waals surface area contributed by atoms with Crippen LogP contribution in [0.15, 0.2) is 16.7 Å². The van der Waals surface area contributed by atoms with E-state index in [0.717, 1.165) is 11.3 Å². The van der Waals surface area contributed by atoms with Gasteiger partial charge in [0.05, 0.1) is 6.26 Å². The first kappa shape index (κ1) is 14.6. The molecule has 0 unspecified atom stereocenters. The number of halogens is 3. The summed E-state index contributed by atoms with van der Waals surface area (Å²) >= 11 is 0. The first-order chi connectivity index (χ1) is 8.35. The van der Waals surface area contributed by atoms with E-state index < -0.39 is 18.6 Å². The molecular formula is C12H16F3NO2. The molecule has 0 bridgehead atoms. The molecule has 102 valence electrons. The van der Waals surface area contributed by atoms with Gasteiger partial charge in [0.2, 0.25) is 0 Å². The highest BCUT2D eigenvalue weighted by Gasteiger charge is 2.34. The van der Waals surface area contributed by atoms with Gasteiger partial charge in [-0.15, -0.1) is 0 Å². The third kappa shape index (κ3) is 4.09. The maximum Gasteiger partial charge on any atom is 0.406 e. The van der Waals surface area contributed by atoms with Crippen molar-refractivity contribution < 1.29 is 22.4 Å². The quantitative estimate of drug-likeness (QED) is 0.815. The monoisotopic (exact) mass is 263 g/mol. The van der Waals surface area contributed by atoms with E-state index in [4.69, 9.17) is 4.42 Å². The van der Waals surface area contributed by atoms with Gasteiger partial charge in [-0.3, -0.25) is 4.79 Å². The van der Waals surface area contributed by atoms with Crippen molar-refractivity contribution in [2.75, 3.05) is 13.1 Å². The van der Waals surface area contributed by atoms with Gasteiger partial charge in [0.15, 0.2) is 5.76 Å². The molecule has 6 heteroatoms. The molecule has 0 aliphatic carbocycles. The zero-order valence-corrected chi connectivity index (χ0v) is 10.4. The molecule has 1 rings (SSSR count). The van der Waals surface area contributed by atoms with E-state index in [-0.39, 0.29) is 12.3 Å². The highest BCUT2D eigenvalue weighted by Crippen LogP contribution is 2.20. The lowest BCUT2D eigenvalue weighted by Gasteiger charge is -2.23. The van der Waals surface area contributed by atoms with Gasteiger partial charge in [-0.05, 0) is 19.4 Å². The van der Waals surface area contributed by atoms with E-state index in [1.165, 1.54) is 6.26 Å². The van der Waals surface area contributed by atoms with Gasteiger partial charge in [0.1, 0.15) is 6.54 Å². The van der Waals surface area contributed by atoms with Crippen LogP contribution in [0.3, 0.4) is 0 Å². The Bertz CT molecular complexity index is 398. The van der Waals surface area contributed by atoms with Crippen LogP contribution in [0.1, 0.15) is 35.9 Å². The van der Waals surface area contributed by atoms with Crippen LogP contribution in [0.2, 0.25) is 0 Å². The first-order valence-corrected chi connectivity index (χ1v) is 5.75. The van der Waals surface area contributed by atoms with E-state index in [1.807, 2.05) is 6.92 Å². The summed E-state index contributed by atoms with van der Waals surface area (Å²) in [5, 5.41) is 0. The molecule has 0 atom stereocenters. The summed E-state index contributed by atoms with van der Waals surface area (Å²) in [6.07, 6.45) is -1.85. The van der Waals surface area contributed by atoms with Crippen molar-refractivity contribution in [1.29, 1.82) is 0 Å². The topological polar surface area (TPSA) is 33.5 Å². The van der Waals surface area contributed by atoms with E-state index in [2.05, 4.69) is 0 Å². The number of carbonyl (C=O) groups excluding carboxylic acids is 1. The van der Waals surface area contributed by atoms with Gasteiger partial charge in [-0.25, -0.2) is 0 Å². The van der Waals surface area contributed by atoms with Crippen molar-refractivity contribution in [2.45, 2.75) is 32.9 Å². The van der Waals surface area contributed by atoms with Crippen molar-refractivity contribution in [2.24, 2.45) is 0 Å². The highest BCUT2D eigenvalue weighted by molar-refractivity contribution is 5.92. The summed E-state index contributed by atoms with van der Waals surface area (Å²) in [5.74, 6) is -0.723. The number of nitrogens with zero attached hydrogens (tertiary/aromatic N) is 1. The van der Waals surface area contributed by atoms with Gasteiger partial charge >= 0.3 is 6.18 Å². The lowest BCUT2D eigenvalue weighted by atomic mass is 10.2.